The number of carbonyl (C=O) groups is 1. The Labute approximate surface area is 177 Å². The molecule has 1 aromatic carbocycles. The Morgan fingerprint density at radius 1 is 1.03 bits per heavy atom. The van der Waals surface area contributed by atoms with Crippen LogP contribution in [0.2, 0.25) is 0 Å². The first-order valence-electron chi connectivity index (χ1n) is 10.3. The third-order valence-electron chi connectivity index (χ3n) is 6.33. The fourth-order valence-corrected chi connectivity index (χ4v) is 6.84. The van der Waals surface area contributed by atoms with E-state index < -0.39 is 10.0 Å². The van der Waals surface area contributed by atoms with Crippen molar-refractivity contribution in [2.75, 3.05) is 19.6 Å². The number of hydrogen-bond acceptors (Lipinski definition) is 4. The number of nitrogens with zero attached hydrogens (tertiary/aromatic N) is 2. The first kappa shape index (κ1) is 20.6. The molecule has 2 saturated heterocycles. The lowest BCUT2D eigenvalue weighted by molar-refractivity contribution is -0.137. The average molecular weight is 433 g/mol. The highest BCUT2D eigenvalue weighted by molar-refractivity contribution is 7.89. The number of carbonyl (C=O) groups excluding carboxylic acids is 1. The van der Waals surface area contributed by atoms with Crippen molar-refractivity contribution in [1.82, 2.24) is 9.21 Å². The molecule has 2 aliphatic rings. The van der Waals surface area contributed by atoms with E-state index in [0.29, 0.717) is 30.8 Å². The van der Waals surface area contributed by atoms with Crippen LogP contribution in [0.3, 0.4) is 0 Å². The number of amides is 1. The molecule has 7 heteroatoms. The van der Waals surface area contributed by atoms with Crippen LogP contribution in [-0.2, 0) is 14.8 Å². The number of sulfonamides is 1. The van der Waals surface area contributed by atoms with Gasteiger partial charge in [0, 0.05) is 30.4 Å². The van der Waals surface area contributed by atoms with E-state index in [4.69, 9.17) is 0 Å². The van der Waals surface area contributed by atoms with Crippen LogP contribution >= 0.6 is 11.3 Å². The van der Waals surface area contributed by atoms with Gasteiger partial charge in [0.1, 0.15) is 0 Å². The highest BCUT2D eigenvalue weighted by atomic mass is 32.2. The zero-order valence-corrected chi connectivity index (χ0v) is 18.6. The summed E-state index contributed by atoms with van der Waals surface area (Å²) < 4.78 is 27.6. The van der Waals surface area contributed by atoms with Gasteiger partial charge in [-0.1, -0.05) is 12.1 Å². The Hall–Kier alpha value is -1.70. The summed E-state index contributed by atoms with van der Waals surface area (Å²) in [4.78, 5) is 16.8. The van der Waals surface area contributed by atoms with Gasteiger partial charge in [-0.05, 0) is 74.2 Å². The van der Waals surface area contributed by atoms with E-state index in [9.17, 15) is 13.2 Å². The van der Waals surface area contributed by atoms with Gasteiger partial charge >= 0.3 is 0 Å². The summed E-state index contributed by atoms with van der Waals surface area (Å²) in [6.45, 7) is 5.53. The molecular formula is C22H28N2O3S2. The highest BCUT2D eigenvalue weighted by Crippen LogP contribution is 2.37. The van der Waals surface area contributed by atoms with Crippen LogP contribution in [0.25, 0.3) is 0 Å². The van der Waals surface area contributed by atoms with Crippen molar-refractivity contribution in [3.05, 3.63) is 51.7 Å². The normalized spacial score (nSPS) is 21.6. The van der Waals surface area contributed by atoms with Crippen LogP contribution < -0.4 is 0 Å². The minimum atomic E-state index is -3.51. The molecule has 29 heavy (non-hydrogen) atoms. The molecule has 1 amide bonds. The molecule has 4 rings (SSSR count). The van der Waals surface area contributed by atoms with E-state index in [1.165, 1.54) is 4.88 Å². The van der Waals surface area contributed by atoms with Crippen LogP contribution in [0.5, 0.6) is 0 Å². The van der Waals surface area contributed by atoms with E-state index in [2.05, 4.69) is 11.4 Å². The Morgan fingerprint density at radius 2 is 1.79 bits per heavy atom. The van der Waals surface area contributed by atoms with Crippen molar-refractivity contribution in [1.29, 1.82) is 0 Å². The molecule has 5 nitrogen and oxygen atoms in total. The fourth-order valence-electron chi connectivity index (χ4n) is 4.41. The van der Waals surface area contributed by atoms with Crippen molar-refractivity contribution in [2.45, 2.75) is 50.5 Å². The number of likely N-dealkylation sites (tertiary alicyclic amines) is 1. The van der Waals surface area contributed by atoms with Gasteiger partial charge in [-0.25, -0.2) is 8.42 Å². The Bertz CT molecular complexity index is 977. The van der Waals surface area contributed by atoms with E-state index in [1.54, 1.807) is 27.8 Å². The number of benzene rings is 1. The Kier molecular flexibility index (Phi) is 5.82. The summed E-state index contributed by atoms with van der Waals surface area (Å²) in [5.41, 5.74) is 2.06. The molecule has 156 valence electrons. The molecule has 0 spiro atoms. The van der Waals surface area contributed by atoms with Gasteiger partial charge in [0.15, 0.2) is 0 Å². The fraction of sp³-hybridized carbons (Fsp3) is 0.500. The molecule has 0 aliphatic carbocycles. The molecule has 3 heterocycles. The molecular weight excluding hydrogens is 404 g/mol. The standard InChI is InChI=1S/C22H28N2O3S2/c1-16-7-8-19(15-17(16)2)29(26,27)23-12-9-18(10-13-23)22(25)24-11-3-5-20(24)21-6-4-14-28-21/h4,6-8,14-15,18,20H,3,5,9-13H2,1-2H3. The average Bonchev–Trinajstić information content (AvgIpc) is 3.41. The number of aryl methyl sites for hydroxylation is 2. The number of rotatable bonds is 4. The summed E-state index contributed by atoms with van der Waals surface area (Å²) in [5.74, 6) is 0.117. The summed E-state index contributed by atoms with van der Waals surface area (Å²) in [6.07, 6.45) is 3.24. The lowest BCUT2D eigenvalue weighted by Crippen LogP contribution is -2.44. The molecule has 2 aromatic rings. The predicted molar refractivity (Wildman–Crippen MR) is 115 cm³/mol. The van der Waals surface area contributed by atoms with Crippen LogP contribution in [-0.4, -0.2) is 43.2 Å². The van der Waals surface area contributed by atoms with Gasteiger partial charge in [-0.3, -0.25) is 4.79 Å². The van der Waals surface area contributed by atoms with Gasteiger partial charge in [-0.15, -0.1) is 11.3 Å². The predicted octanol–water partition coefficient (Wildman–Crippen LogP) is 4.13. The van der Waals surface area contributed by atoms with Crippen molar-refractivity contribution >= 4 is 27.3 Å². The zero-order valence-electron chi connectivity index (χ0n) is 17.0. The third-order valence-corrected chi connectivity index (χ3v) is 9.19. The first-order chi connectivity index (χ1) is 13.9. The van der Waals surface area contributed by atoms with Crippen molar-refractivity contribution in [3.63, 3.8) is 0 Å². The maximum atomic E-state index is 13.2. The number of thiophene rings is 1. The summed E-state index contributed by atoms with van der Waals surface area (Å²) in [7, 11) is -3.51. The molecule has 0 bridgehead atoms. The topological polar surface area (TPSA) is 57.7 Å². The minimum absolute atomic E-state index is 0.0817. The largest absolute Gasteiger partial charge is 0.335 e. The SMILES string of the molecule is Cc1ccc(S(=O)(=O)N2CCC(C(=O)N3CCCC3c3cccs3)CC2)cc1C. The van der Waals surface area contributed by atoms with Gasteiger partial charge < -0.3 is 4.90 Å². The summed E-state index contributed by atoms with van der Waals surface area (Å²) in [6, 6.07) is 9.63. The van der Waals surface area contributed by atoms with E-state index in [-0.39, 0.29) is 17.9 Å². The monoisotopic (exact) mass is 432 g/mol. The summed E-state index contributed by atoms with van der Waals surface area (Å²) in [5, 5.41) is 2.06. The number of piperidine rings is 1. The highest BCUT2D eigenvalue weighted by Gasteiger charge is 2.37. The Balaban J connectivity index is 1.42. The van der Waals surface area contributed by atoms with E-state index in [0.717, 1.165) is 30.5 Å². The minimum Gasteiger partial charge on any atom is -0.335 e. The molecule has 0 saturated carbocycles. The van der Waals surface area contributed by atoms with Crippen LogP contribution in [0, 0.1) is 19.8 Å². The van der Waals surface area contributed by atoms with Gasteiger partial charge in [-0.2, -0.15) is 4.31 Å². The maximum absolute atomic E-state index is 13.2. The van der Waals surface area contributed by atoms with Crippen molar-refractivity contribution in [2.24, 2.45) is 5.92 Å². The second-order valence-corrected chi connectivity index (χ2v) is 11.0. The smallest absolute Gasteiger partial charge is 0.243 e. The van der Waals surface area contributed by atoms with E-state index >= 15 is 0 Å². The second-order valence-electron chi connectivity index (χ2n) is 8.13. The van der Waals surface area contributed by atoms with E-state index in [1.807, 2.05) is 30.9 Å². The number of hydrogen-bond donors (Lipinski definition) is 0. The molecule has 1 unspecified atom stereocenters. The zero-order chi connectivity index (χ0) is 20.6. The second kappa shape index (κ2) is 8.20. The lowest BCUT2D eigenvalue weighted by Gasteiger charge is -2.34. The molecule has 2 fully saturated rings. The van der Waals surface area contributed by atoms with Gasteiger partial charge in [0.25, 0.3) is 0 Å². The third kappa shape index (κ3) is 4.00. The van der Waals surface area contributed by atoms with Crippen LogP contribution in [0.4, 0.5) is 0 Å². The summed E-state index contributed by atoms with van der Waals surface area (Å²) >= 11 is 1.71. The molecule has 0 radical (unpaired) electrons. The van der Waals surface area contributed by atoms with Crippen molar-refractivity contribution < 1.29 is 13.2 Å². The molecule has 1 atom stereocenters. The maximum Gasteiger partial charge on any atom is 0.243 e. The van der Waals surface area contributed by atoms with Gasteiger partial charge in [0.2, 0.25) is 15.9 Å². The quantitative estimate of drug-likeness (QED) is 0.730. The van der Waals surface area contributed by atoms with Gasteiger partial charge in [0.05, 0.1) is 10.9 Å². The molecule has 2 aliphatic heterocycles. The van der Waals surface area contributed by atoms with Crippen LogP contribution in [0.15, 0.2) is 40.6 Å². The van der Waals surface area contributed by atoms with Crippen LogP contribution in [0.1, 0.15) is 47.7 Å². The van der Waals surface area contributed by atoms with Crippen molar-refractivity contribution in [3.8, 4) is 0 Å². The molecule has 0 N–H and O–H groups in total. The first-order valence-corrected chi connectivity index (χ1v) is 12.6. The Morgan fingerprint density at radius 3 is 2.45 bits per heavy atom. The lowest BCUT2D eigenvalue weighted by atomic mass is 9.96. The molecule has 1 aromatic heterocycles.